The second-order valence-corrected chi connectivity index (χ2v) is 5.25. The minimum atomic E-state index is 0.366. The summed E-state index contributed by atoms with van der Waals surface area (Å²) in [5.74, 6) is 0.366. The Bertz CT molecular complexity index is 180. The first-order valence-electron chi connectivity index (χ1n) is 8.04. The Labute approximate surface area is 114 Å². The summed E-state index contributed by atoms with van der Waals surface area (Å²) in [7, 11) is 0. The van der Waals surface area contributed by atoms with Crippen LogP contribution in [0.5, 0.6) is 0 Å². The highest BCUT2D eigenvalue weighted by molar-refractivity contribution is 5.76. The monoisotopic (exact) mass is 255 g/mol. The van der Waals surface area contributed by atoms with Gasteiger partial charge in [-0.2, -0.15) is 0 Å². The quantitative estimate of drug-likeness (QED) is 0.460. The van der Waals surface area contributed by atoms with Gasteiger partial charge in [-0.05, 0) is 19.3 Å². The van der Waals surface area contributed by atoms with Crippen LogP contribution in [0.3, 0.4) is 0 Å². The molecular formula is C16H33NO. The van der Waals surface area contributed by atoms with E-state index in [0.29, 0.717) is 5.91 Å². The van der Waals surface area contributed by atoms with Crippen LogP contribution in [0.15, 0.2) is 0 Å². The number of carbonyl (C=O) groups is 1. The number of rotatable bonds is 12. The van der Waals surface area contributed by atoms with Gasteiger partial charge < -0.3 is 4.90 Å². The first-order chi connectivity index (χ1) is 8.76. The van der Waals surface area contributed by atoms with Gasteiger partial charge in [0, 0.05) is 19.5 Å². The lowest BCUT2D eigenvalue weighted by molar-refractivity contribution is -0.131. The van der Waals surface area contributed by atoms with Gasteiger partial charge in [-0.25, -0.2) is 0 Å². The largest absolute Gasteiger partial charge is 0.343 e. The molecule has 0 aromatic rings. The van der Waals surface area contributed by atoms with E-state index in [1.165, 1.54) is 51.4 Å². The van der Waals surface area contributed by atoms with E-state index in [2.05, 4.69) is 25.7 Å². The maximum Gasteiger partial charge on any atom is 0.222 e. The molecule has 0 aliphatic heterocycles. The molecule has 0 N–H and O–H groups in total. The molecule has 18 heavy (non-hydrogen) atoms. The lowest BCUT2D eigenvalue weighted by Gasteiger charge is -2.22. The van der Waals surface area contributed by atoms with Gasteiger partial charge >= 0.3 is 0 Å². The predicted molar refractivity (Wildman–Crippen MR) is 79.8 cm³/mol. The van der Waals surface area contributed by atoms with E-state index in [-0.39, 0.29) is 0 Å². The topological polar surface area (TPSA) is 20.3 Å². The third kappa shape index (κ3) is 9.49. The van der Waals surface area contributed by atoms with Gasteiger partial charge in [0.2, 0.25) is 5.91 Å². The maximum atomic E-state index is 12.0. The first-order valence-corrected chi connectivity index (χ1v) is 8.04. The molecule has 0 aliphatic carbocycles. The smallest absolute Gasteiger partial charge is 0.222 e. The third-order valence-electron chi connectivity index (χ3n) is 3.38. The van der Waals surface area contributed by atoms with Gasteiger partial charge in [0.25, 0.3) is 0 Å². The van der Waals surface area contributed by atoms with Crippen molar-refractivity contribution in [3.8, 4) is 0 Å². The molecule has 0 saturated heterocycles. The van der Waals surface area contributed by atoms with Gasteiger partial charge in [-0.15, -0.1) is 0 Å². The SMILES string of the molecule is CCCCCCN(CCCCCC)C(=O)CCC. The molecule has 2 nitrogen and oxygen atoms in total. The average molecular weight is 255 g/mol. The molecule has 108 valence electrons. The van der Waals surface area contributed by atoms with Crippen LogP contribution >= 0.6 is 0 Å². The van der Waals surface area contributed by atoms with Gasteiger partial charge in [0.15, 0.2) is 0 Å². The van der Waals surface area contributed by atoms with E-state index < -0.39 is 0 Å². The molecule has 0 atom stereocenters. The van der Waals surface area contributed by atoms with Gasteiger partial charge in [0.05, 0.1) is 0 Å². The lowest BCUT2D eigenvalue weighted by Crippen LogP contribution is -2.32. The zero-order valence-electron chi connectivity index (χ0n) is 12.8. The van der Waals surface area contributed by atoms with Crippen LogP contribution < -0.4 is 0 Å². The zero-order chi connectivity index (χ0) is 13.6. The number of nitrogens with zero attached hydrogens (tertiary/aromatic N) is 1. The van der Waals surface area contributed by atoms with Crippen LogP contribution in [-0.4, -0.2) is 23.9 Å². The van der Waals surface area contributed by atoms with Crippen molar-refractivity contribution in [3.05, 3.63) is 0 Å². The highest BCUT2D eigenvalue weighted by Crippen LogP contribution is 2.07. The molecule has 0 saturated carbocycles. The van der Waals surface area contributed by atoms with Crippen LogP contribution in [0.2, 0.25) is 0 Å². The first kappa shape index (κ1) is 17.5. The minimum absolute atomic E-state index is 0.366. The fraction of sp³-hybridized carbons (Fsp3) is 0.938. The Morgan fingerprint density at radius 1 is 0.722 bits per heavy atom. The van der Waals surface area contributed by atoms with Crippen molar-refractivity contribution in [1.29, 1.82) is 0 Å². The number of unbranched alkanes of at least 4 members (excludes halogenated alkanes) is 6. The van der Waals surface area contributed by atoms with Crippen LogP contribution in [-0.2, 0) is 4.79 Å². The summed E-state index contributed by atoms with van der Waals surface area (Å²) in [4.78, 5) is 14.1. The molecular weight excluding hydrogens is 222 g/mol. The van der Waals surface area contributed by atoms with E-state index in [0.717, 1.165) is 25.9 Å². The van der Waals surface area contributed by atoms with E-state index in [1.807, 2.05) is 0 Å². The van der Waals surface area contributed by atoms with Crippen LogP contribution in [0.25, 0.3) is 0 Å². The fourth-order valence-electron chi connectivity index (χ4n) is 2.19. The fourth-order valence-corrected chi connectivity index (χ4v) is 2.19. The molecule has 0 radical (unpaired) electrons. The van der Waals surface area contributed by atoms with E-state index >= 15 is 0 Å². The highest BCUT2D eigenvalue weighted by Gasteiger charge is 2.11. The summed E-state index contributed by atoms with van der Waals surface area (Å²) in [5.41, 5.74) is 0. The molecule has 0 rings (SSSR count). The molecule has 2 heteroatoms. The van der Waals surface area contributed by atoms with Gasteiger partial charge in [-0.3, -0.25) is 4.79 Å². The lowest BCUT2D eigenvalue weighted by atomic mass is 10.1. The second kappa shape index (κ2) is 12.9. The number of amides is 1. The molecule has 0 unspecified atom stereocenters. The predicted octanol–water partition coefficient (Wildman–Crippen LogP) is 4.78. The van der Waals surface area contributed by atoms with Crippen LogP contribution in [0, 0.1) is 0 Å². The Balaban J connectivity index is 3.88. The third-order valence-corrected chi connectivity index (χ3v) is 3.38. The summed E-state index contributed by atoms with van der Waals surface area (Å²) in [5, 5.41) is 0. The van der Waals surface area contributed by atoms with Crippen LogP contribution in [0.4, 0.5) is 0 Å². The van der Waals surface area contributed by atoms with Crippen molar-refractivity contribution in [2.75, 3.05) is 13.1 Å². The molecule has 0 aliphatic rings. The van der Waals surface area contributed by atoms with E-state index in [4.69, 9.17) is 0 Å². The number of hydrogen-bond donors (Lipinski definition) is 0. The van der Waals surface area contributed by atoms with Crippen molar-refractivity contribution in [3.63, 3.8) is 0 Å². The molecule has 0 spiro atoms. The van der Waals surface area contributed by atoms with Crippen molar-refractivity contribution >= 4 is 5.91 Å². The van der Waals surface area contributed by atoms with Crippen molar-refractivity contribution in [1.82, 2.24) is 4.90 Å². The molecule has 0 heterocycles. The van der Waals surface area contributed by atoms with Crippen molar-refractivity contribution < 1.29 is 4.79 Å². The van der Waals surface area contributed by atoms with Gasteiger partial charge in [0.1, 0.15) is 0 Å². The zero-order valence-corrected chi connectivity index (χ0v) is 12.8. The normalized spacial score (nSPS) is 10.6. The standard InChI is InChI=1S/C16H33NO/c1-4-7-9-11-14-17(16(18)13-6-3)15-12-10-8-5-2/h4-15H2,1-3H3. The minimum Gasteiger partial charge on any atom is -0.343 e. The van der Waals surface area contributed by atoms with Gasteiger partial charge in [-0.1, -0.05) is 59.3 Å². The van der Waals surface area contributed by atoms with Crippen molar-refractivity contribution in [2.45, 2.75) is 85.0 Å². The van der Waals surface area contributed by atoms with Crippen molar-refractivity contribution in [2.24, 2.45) is 0 Å². The summed E-state index contributed by atoms with van der Waals surface area (Å²) in [6.45, 7) is 8.50. The Morgan fingerprint density at radius 3 is 1.61 bits per heavy atom. The average Bonchev–Trinajstić information content (AvgIpc) is 2.37. The maximum absolute atomic E-state index is 12.0. The summed E-state index contributed by atoms with van der Waals surface area (Å²) >= 11 is 0. The number of hydrogen-bond acceptors (Lipinski definition) is 1. The summed E-state index contributed by atoms with van der Waals surface area (Å²) in [6, 6.07) is 0. The van der Waals surface area contributed by atoms with E-state index in [1.54, 1.807) is 0 Å². The molecule has 0 aromatic carbocycles. The second-order valence-electron chi connectivity index (χ2n) is 5.25. The molecule has 0 fully saturated rings. The Morgan fingerprint density at radius 2 is 1.22 bits per heavy atom. The van der Waals surface area contributed by atoms with E-state index in [9.17, 15) is 4.79 Å². The Kier molecular flexibility index (Phi) is 12.5. The highest BCUT2D eigenvalue weighted by atomic mass is 16.2. The molecule has 0 aromatic heterocycles. The number of carbonyl (C=O) groups excluding carboxylic acids is 1. The Hall–Kier alpha value is -0.530. The summed E-state index contributed by atoms with van der Waals surface area (Å²) < 4.78 is 0. The van der Waals surface area contributed by atoms with Crippen LogP contribution in [0.1, 0.15) is 85.0 Å². The molecule has 1 amide bonds. The molecule has 0 bridgehead atoms. The summed E-state index contributed by atoms with van der Waals surface area (Å²) in [6.07, 6.45) is 11.7.